The highest BCUT2D eigenvalue weighted by Gasteiger charge is 2.54. The molecule has 2 heterocycles. The molecular formula is C25H36N4O2S2. The molecule has 0 radical (unpaired) electrons. The Morgan fingerprint density at radius 1 is 1.21 bits per heavy atom. The van der Waals surface area contributed by atoms with E-state index in [1.165, 1.54) is 11.1 Å². The molecule has 5 atom stereocenters. The van der Waals surface area contributed by atoms with Crippen molar-refractivity contribution in [2.75, 3.05) is 12.8 Å². The van der Waals surface area contributed by atoms with Crippen LogP contribution in [0, 0.1) is 5.41 Å². The molecule has 8 heteroatoms. The summed E-state index contributed by atoms with van der Waals surface area (Å²) in [5.74, 6) is 0.817. The van der Waals surface area contributed by atoms with E-state index >= 15 is 0 Å². The summed E-state index contributed by atoms with van der Waals surface area (Å²) in [5.41, 5.74) is 2.23. The Morgan fingerprint density at radius 3 is 2.73 bits per heavy atom. The Kier molecular flexibility index (Phi) is 7.36. The van der Waals surface area contributed by atoms with Crippen LogP contribution in [0.2, 0.25) is 0 Å². The quantitative estimate of drug-likeness (QED) is 0.553. The molecule has 4 rings (SSSR count). The highest BCUT2D eigenvalue weighted by Crippen LogP contribution is 2.46. The van der Waals surface area contributed by atoms with Gasteiger partial charge in [-0.25, -0.2) is 0 Å². The van der Waals surface area contributed by atoms with Gasteiger partial charge in [0.05, 0.1) is 22.4 Å². The number of amides is 2. The lowest BCUT2D eigenvalue weighted by molar-refractivity contribution is -0.142. The third kappa shape index (κ3) is 4.93. The Balaban J connectivity index is 1.56. The largest absolute Gasteiger partial charge is 0.367 e. The van der Waals surface area contributed by atoms with Crippen molar-refractivity contribution in [2.24, 2.45) is 5.41 Å². The zero-order valence-corrected chi connectivity index (χ0v) is 21.7. The summed E-state index contributed by atoms with van der Waals surface area (Å²) in [6.45, 7) is 6.21. The summed E-state index contributed by atoms with van der Waals surface area (Å²) in [7, 11) is 1.85. The van der Waals surface area contributed by atoms with E-state index in [0.717, 1.165) is 31.4 Å². The fourth-order valence-electron chi connectivity index (χ4n) is 5.43. The van der Waals surface area contributed by atoms with Gasteiger partial charge in [-0.15, -0.1) is 11.8 Å². The van der Waals surface area contributed by atoms with Crippen LogP contribution in [0.25, 0.3) is 0 Å². The van der Waals surface area contributed by atoms with E-state index in [9.17, 15) is 9.59 Å². The number of nitrogens with one attached hydrogen (secondary N) is 3. The van der Waals surface area contributed by atoms with Gasteiger partial charge in [0.25, 0.3) is 0 Å². The van der Waals surface area contributed by atoms with E-state index < -0.39 is 12.1 Å². The SMILES string of the molecule is CN[C@@H](C)C(=S)N[C@H]1CCS[C@H]2CC(C)(C)[C@@H](C(=O)N[C@@H]3CCCc4ccccc43)N2C1=O. The number of thioether (sulfide) groups is 1. The van der Waals surface area contributed by atoms with Gasteiger partial charge in [-0.1, -0.05) is 50.3 Å². The summed E-state index contributed by atoms with van der Waals surface area (Å²) in [6, 6.07) is 7.49. The van der Waals surface area contributed by atoms with E-state index in [2.05, 4.69) is 48.0 Å². The van der Waals surface area contributed by atoms with Gasteiger partial charge in [0.1, 0.15) is 12.1 Å². The molecule has 2 saturated heterocycles. The second kappa shape index (κ2) is 9.92. The molecule has 0 spiro atoms. The summed E-state index contributed by atoms with van der Waals surface area (Å²) in [5, 5.41) is 9.76. The molecule has 3 N–H and O–H groups in total. The predicted octanol–water partition coefficient (Wildman–Crippen LogP) is 3.16. The van der Waals surface area contributed by atoms with Crippen molar-refractivity contribution in [3.63, 3.8) is 0 Å². The molecule has 2 fully saturated rings. The van der Waals surface area contributed by atoms with Crippen LogP contribution in [0.1, 0.15) is 63.6 Å². The minimum Gasteiger partial charge on any atom is -0.367 e. The number of rotatable bonds is 5. The van der Waals surface area contributed by atoms with Crippen LogP contribution < -0.4 is 16.0 Å². The Bertz CT molecular complexity index is 921. The third-order valence-electron chi connectivity index (χ3n) is 7.38. The molecule has 180 valence electrons. The van der Waals surface area contributed by atoms with Gasteiger partial charge in [0, 0.05) is 0 Å². The molecule has 2 amide bonds. The number of carbonyl (C=O) groups is 2. The van der Waals surface area contributed by atoms with Gasteiger partial charge in [-0.05, 0) is 68.4 Å². The van der Waals surface area contributed by atoms with Crippen LogP contribution in [0.3, 0.4) is 0 Å². The highest BCUT2D eigenvalue weighted by atomic mass is 32.2. The molecule has 33 heavy (non-hydrogen) atoms. The van der Waals surface area contributed by atoms with Gasteiger partial charge in [-0.3, -0.25) is 9.59 Å². The van der Waals surface area contributed by atoms with E-state index in [4.69, 9.17) is 12.2 Å². The maximum absolute atomic E-state index is 13.8. The van der Waals surface area contributed by atoms with Crippen molar-refractivity contribution in [1.82, 2.24) is 20.9 Å². The molecule has 1 aromatic carbocycles. The first-order valence-electron chi connectivity index (χ1n) is 12.0. The summed E-state index contributed by atoms with van der Waals surface area (Å²) in [4.78, 5) is 30.0. The van der Waals surface area contributed by atoms with E-state index in [1.54, 1.807) is 11.8 Å². The first-order valence-corrected chi connectivity index (χ1v) is 13.5. The number of hydrogen-bond acceptors (Lipinski definition) is 5. The van der Waals surface area contributed by atoms with E-state index in [-0.39, 0.29) is 34.7 Å². The number of thiocarbonyl (C=S) groups is 1. The van der Waals surface area contributed by atoms with E-state index in [1.807, 2.05) is 24.9 Å². The van der Waals surface area contributed by atoms with Gasteiger partial charge in [-0.2, -0.15) is 0 Å². The van der Waals surface area contributed by atoms with Crippen molar-refractivity contribution < 1.29 is 9.59 Å². The average molecular weight is 489 g/mol. The number of hydrogen-bond donors (Lipinski definition) is 3. The first-order chi connectivity index (χ1) is 15.7. The minimum absolute atomic E-state index is 0.00464. The lowest BCUT2D eigenvalue weighted by atomic mass is 9.83. The zero-order chi connectivity index (χ0) is 23.8. The first kappa shape index (κ1) is 24.5. The third-order valence-corrected chi connectivity index (χ3v) is 9.10. The van der Waals surface area contributed by atoms with Gasteiger partial charge < -0.3 is 20.9 Å². The van der Waals surface area contributed by atoms with Gasteiger partial charge in [0.15, 0.2) is 0 Å². The lowest BCUT2D eigenvalue weighted by Gasteiger charge is -2.36. The van der Waals surface area contributed by atoms with Gasteiger partial charge >= 0.3 is 0 Å². The van der Waals surface area contributed by atoms with E-state index in [0.29, 0.717) is 11.4 Å². The second-order valence-corrected chi connectivity index (χ2v) is 11.9. The number of fused-ring (bicyclic) bond motifs is 2. The molecule has 0 saturated carbocycles. The van der Waals surface area contributed by atoms with Gasteiger partial charge in [0.2, 0.25) is 11.8 Å². The Hall–Kier alpha value is -1.64. The van der Waals surface area contributed by atoms with Crippen LogP contribution in [0.4, 0.5) is 0 Å². The zero-order valence-electron chi connectivity index (χ0n) is 20.0. The Labute approximate surface area is 207 Å². The van der Waals surface area contributed by atoms with Crippen molar-refractivity contribution >= 4 is 40.8 Å². The molecule has 0 bridgehead atoms. The average Bonchev–Trinajstić information content (AvgIpc) is 2.99. The molecule has 1 aromatic rings. The molecule has 6 nitrogen and oxygen atoms in total. The number of nitrogens with zero attached hydrogens (tertiary/aromatic N) is 1. The number of benzene rings is 1. The fourth-order valence-corrected chi connectivity index (χ4v) is 7.27. The van der Waals surface area contributed by atoms with Crippen molar-refractivity contribution in [3.05, 3.63) is 35.4 Å². The summed E-state index contributed by atoms with van der Waals surface area (Å²) in [6.07, 6.45) is 4.57. The fraction of sp³-hybridized carbons (Fsp3) is 0.640. The van der Waals surface area contributed by atoms with Crippen LogP contribution in [-0.2, 0) is 16.0 Å². The minimum atomic E-state index is -0.491. The molecule has 3 aliphatic rings. The number of likely N-dealkylation sites (N-methyl/N-ethyl adjacent to an activating group) is 1. The Morgan fingerprint density at radius 2 is 1.97 bits per heavy atom. The molecule has 2 aliphatic heterocycles. The number of aryl methyl sites for hydroxylation is 1. The van der Waals surface area contributed by atoms with Crippen LogP contribution >= 0.6 is 24.0 Å². The second-order valence-electron chi connectivity index (χ2n) is 10.2. The van der Waals surface area contributed by atoms with Crippen LogP contribution in [0.15, 0.2) is 24.3 Å². The number of carbonyl (C=O) groups excluding carboxylic acids is 2. The molecular weight excluding hydrogens is 452 g/mol. The van der Waals surface area contributed by atoms with Crippen LogP contribution in [0.5, 0.6) is 0 Å². The lowest BCUT2D eigenvalue weighted by Crippen LogP contribution is -2.58. The smallest absolute Gasteiger partial charge is 0.246 e. The summed E-state index contributed by atoms with van der Waals surface area (Å²) < 4.78 is 0. The predicted molar refractivity (Wildman–Crippen MR) is 138 cm³/mol. The maximum Gasteiger partial charge on any atom is 0.246 e. The summed E-state index contributed by atoms with van der Waals surface area (Å²) >= 11 is 7.30. The van der Waals surface area contributed by atoms with Crippen molar-refractivity contribution in [1.29, 1.82) is 0 Å². The molecule has 1 aliphatic carbocycles. The van der Waals surface area contributed by atoms with Crippen molar-refractivity contribution in [3.8, 4) is 0 Å². The monoisotopic (exact) mass is 488 g/mol. The molecule has 0 unspecified atom stereocenters. The normalized spacial score (nSPS) is 29.5. The standard InChI is InChI=1S/C25H36N4O2S2/c1-15(26-4)23(32)28-19-12-13-33-20-14-25(2,3)21(29(20)24(19)31)22(30)27-18-11-7-9-16-8-5-6-10-17(16)18/h5-6,8,10,15,18-21,26H,7,9,11-14H2,1-4H3,(H,27,30)(H,28,32)/t15-,18+,19-,20-,21+/m0/s1. The topological polar surface area (TPSA) is 73.5 Å². The maximum atomic E-state index is 13.8. The highest BCUT2D eigenvalue weighted by molar-refractivity contribution is 7.99. The van der Waals surface area contributed by atoms with Crippen molar-refractivity contribution in [2.45, 2.75) is 82.4 Å². The van der Waals surface area contributed by atoms with Crippen LogP contribution in [-0.4, -0.2) is 58.0 Å². The molecule has 0 aromatic heterocycles.